The predicted molar refractivity (Wildman–Crippen MR) is 118 cm³/mol. The van der Waals surface area contributed by atoms with Gasteiger partial charge in [0.15, 0.2) is 18.5 Å². The average Bonchev–Trinajstić information content (AvgIpc) is 2.70. The summed E-state index contributed by atoms with van der Waals surface area (Å²) < 4.78 is 34.6. The van der Waals surface area contributed by atoms with Crippen LogP contribution in [0.15, 0.2) is 0 Å². The molecule has 1 amide bonds. The van der Waals surface area contributed by atoms with Gasteiger partial charge in [-0.15, -0.1) is 0 Å². The summed E-state index contributed by atoms with van der Waals surface area (Å²) >= 11 is 16.7. The van der Waals surface area contributed by atoms with E-state index in [1.165, 1.54) is 6.92 Å². The highest BCUT2D eigenvalue weighted by atomic mass is 35.6. The number of alkyl carbamates (subject to hydrolysis) is 1. The molecule has 0 spiro atoms. The number of esters is 4. The van der Waals surface area contributed by atoms with E-state index in [2.05, 4.69) is 5.32 Å². The van der Waals surface area contributed by atoms with Crippen LogP contribution in [0.2, 0.25) is 0 Å². The Labute approximate surface area is 215 Å². The van der Waals surface area contributed by atoms with Crippen LogP contribution in [0.3, 0.4) is 0 Å². The molecular formula is C19H26Cl3NO12. The number of carbonyl (C=O) groups excluding carboxylic acids is 5. The van der Waals surface area contributed by atoms with Gasteiger partial charge in [0, 0.05) is 27.7 Å². The molecule has 1 N–H and O–H groups in total. The summed E-state index contributed by atoms with van der Waals surface area (Å²) in [5, 5.41) is 2.36. The van der Waals surface area contributed by atoms with Crippen LogP contribution in [-0.4, -0.2) is 90.8 Å². The molecule has 0 unspecified atom stereocenters. The fraction of sp³-hybridized carbons (Fsp3) is 0.737. The van der Waals surface area contributed by atoms with E-state index >= 15 is 0 Å². The summed E-state index contributed by atoms with van der Waals surface area (Å²) in [5.74, 6) is -2.82. The molecule has 0 radical (unpaired) electrons. The lowest BCUT2D eigenvalue weighted by molar-refractivity contribution is -0.278. The Bertz CT molecular complexity index is 775. The lowest BCUT2D eigenvalue weighted by atomic mass is 9.96. The summed E-state index contributed by atoms with van der Waals surface area (Å²) in [4.78, 5) is 58.3. The van der Waals surface area contributed by atoms with Gasteiger partial charge in [-0.2, -0.15) is 0 Å². The number of alkyl halides is 3. The van der Waals surface area contributed by atoms with E-state index in [-0.39, 0.29) is 13.2 Å². The van der Waals surface area contributed by atoms with Crippen LogP contribution in [0.1, 0.15) is 27.7 Å². The number of halogens is 3. The van der Waals surface area contributed by atoms with Crippen molar-refractivity contribution in [3.63, 3.8) is 0 Å². The maximum Gasteiger partial charge on any atom is 0.407 e. The van der Waals surface area contributed by atoms with Gasteiger partial charge in [0.1, 0.15) is 32.0 Å². The van der Waals surface area contributed by atoms with E-state index in [0.29, 0.717) is 0 Å². The fourth-order valence-corrected chi connectivity index (χ4v) is 3.04. The average molecular weight is 567 g/mol. The zero-order valence-corrected chi connectivity index (χ0v) is 21.5. The summed E-state index contributed by atoms with van der Waals surface area (Å²) in [6, 6.07) is -1.34. The second-order valence-corrected chi connectivity index (χ2v) is 9.58. The summed E-state index contributed by atoms with van der Waals surface area (Å²) in [6.07, 6.45) is -6.42. The van der Waals surface area contributed by atoms with E-state index in [9.17, 15) is 24.0 Å². The first-order chi connectivity index (χ1) is 16.2. The molecule has 0 aromatic carbocycles. The molecule has 35 heavy (non-hydrogen) atoms. The first-order valence-electron chi connectivity index (χ1n) is 10.1. The lowest BCUT2D eigenvalue weighted by Gasteiger charge is -2.44. The van der Waals surface area contributed by atoms with Crippen LogP contribution in [0.25, 0.3) is 0 Å². The molecule has 0 saturated carbocycles. The molecule has 0 aliphatic carbocycles. The van der Waals surface area contributed by atoms with E-state index in [0.717, 1.165) is 20.8 Å². The third-order valence-electron chi connectivity index (χ3n) is 4.02. The number of ether oxygens (including phenoxy) is 7. The highest BCUT2D eigenvalue weighted by molar-refractivity contribution is 6.67. The molecule has 1 aliphatic rings. The van der Waals surface area contributed by atoms with Crippen LogP contribution < -0.4 is 5.32 Å². The molecule has 1 aliphatic heterocycles. The molecule has 0 aromatic rings. The minimum Gasteiger partial charge on any atom is -0.463 e. The molecule has 13 nitrogen and oxygen atoms in total. The van der Waals surface area contributed by atoms with Gasteiger partial charge in [-0.1, -0.05) is 34.8 Å². The SMILES string of the molecule is CC(=O)OCCO[C@H]1O[C@H](COC(C)=O)[C@@H](OC(C)=O)[C@H](OC(C)=O)[C@H]1NC(=O)OCC(Cl)(Cl)Cl. The Morgan fingerprint density at radius 2 is 1.37 bits per heavy atom. The van der Waals surface area contributed by atoms with Gasteiger partial charge in [-0.05, 0) is 0 Å². The minimum atomic E-state index is -1.91. The molecule has 1 fully saturated rings. The summed E-state index contributed by atoms with van der Waals surface area (Å²) in [5.41, 5.74) is 0. The van der Waals surface area contributed by atoms with Gasteiger partial charge in [0.2, 0.25) is 3.79 Å². The Balaban J connectivity index is 3.25. The smallest absolute Gasteiger partial charge is 0.407 e. The van der Waals surface area contributed by atoms with Crippen molar-refractivity contribution < 1.29 is 57.1 Å². The van der Waals surface area contributed by atoms with Gasteiger partial charge in [-0.25, -0.2) is 4.79 Å². The van der Waals surface area contributed by atoms with Crippen molar-refractivity contribution >= 4 is 64.8 Å². The monoisotopic (exact) mass is 565 g/mol. The van der Waals surface area contributed by atoms with E-state index in [4.69, 9.17) is 68.0 Å². The lowest BCUT2D eigenvalue weighted by Crippen LogP contribution is -2.67. The molecule has 1 saturated heterocycles. The van der Waals surface area contributed by atoms with Gasteiger partial charge in [-0.3, -0.25) is 19.2 Å². The minimum absolute atomic E-state index is 0.181. The Hall–Kier alpha value is -2.06. The van der Waals surface area contributed by atoms with E-state index < -0.39 is 77.6 Å². The van der Waals surface area contributed by atoms with Gasteiger partial charge < -0.3 is 38.5 Å². The summed E-state index contributed by atoms with van der Waals surface area (Å²) in [7, 11) is 0. The van der Waals surface area contributed by atoms with Gasteiger partial charge >= 0.3 is 30.0 Å². The van der Waals surface area contributed by atoms with Crippen LogP contribution in [0.4, 0.5) is 4.79 Å². The van der Waals surface area contributed by atoms with Crippen molar-refractivity contribution in [2.24, 2.45) is 0 Å². The van der Waals surface area contributed by atoms with Crippen LogP contribution >= 0.6 is 34.8 Å². The maximum absolute atomic E-state index is 12.4. The van der Waals surface area contributed by atoms with E-state index in [1.54, 1.807) is 0 Å². The van der Waals surface area contributed by atoms with Crippen molar-refractivity contribution in [1.29, 1.82) is 0 Å². The molecule has 1 rings (SSSR count). The first-order valence-corrected chi connectivity index (χ1v) is 11.2. The second kappa shape index (κ2) is 14.5. The highest BCUT2D eigenvalue weighted by Crippen LogP contribution is 2.29. The molecule has 0 aromatic heterocycles. The zero-order valence-electron chi connectivity index (χ0n) is 19.2. The largest absolute Gasteiger partial charge is 0.463 e. The standard InChI is InChI=1S/C19H26Cl3NO12/c1-9(24)29-5-6-30-17-14(23-18(28)32-8-19(20,21)22)16(34-12(4)27)15(33-11(3)26)13(35-17)7-31-10(2)25/h13-17H,5-8H2,1-4H3,(H,23,28)/t13-,14-,15-,16-,17+/m1/s1. The van der Waals surface area contributed by atoms with Gasteiger partial charge in [0.25, 0.3) is 0 Å². The van der Waals surface area contributed by atoms with Crippen LogP contribution in [-0.2, 0) is 52.3 Å². The van der Waals surface area contributed by atoms with Crippen LogP contribution in [0.5, 0.6) is 0 Å². The molecule has 1 heterocycles. The maximum atomic E-state index is 12.4. The molecule has 200 valence electrons. The highest BCUT2D eigenvalue weighted by Gasteiger charge is 2.51. The molecule has 0 bridgehead atoms. The van der Waals surface area contributed by atoms with Crippen LogP contribution in [0, 0.1) is 0 Å². The van der Waals surface area contributed by atoms with Crippen molar-refractivity contribution in [3.8, 4) is 0 Å². The number of hydrogen-bond donors (Lipinski definition) is 1. The first kappa shape index (κ1) is 31.0. The van der Waals surface area contributed by atoms with Crippen molar-refractivity contribution in [3.05, 3.63) is 0 Å². The fourth-order valence-electron chi connectivity index (χ4n) is 2.87. The number of carbonyl (C=O) groups is 5. The second-order valence-electron chi connectivity index (χ2n) is 7.07. The predicted octanol–water partition coefficient (Wildman–Crippen LogP) is 1.18. The third-order valence-corrected chi connectivity index (χ3v) is 4.35. The normalized spacial score (nSPS) is 24.0. The number of amides is 1. The number of rotatable bonds is 10. The zero-order chi connectivity index (χ0) is 26.8. The number of nitrogens with one attached hydrogen (secondary N) is 1. The quantitative estimate of drug-likeness (QED) is 0.174. The van der Waals surface area contributed by atoms with E-state index in [1.807, 2.05) is 0 Å². The number of hydrogen-bond acceptors (Lipinski definition) is 12. The third kappa shape index (κ3) is 12.5. The molecular weight excluding hydrogens is 541 g/mol. The topological polar surface area (TPSA) is 162 Å². The Kier molecular flexibility index (Phi) is 12.8. The van der Waals surface area contributed by atoms with Crippen molar-refractivity contribution in [1.82, 2.24) is 5.32 Å². The van der Waals surface area contributed by atoms with Crippen molar-refractivity contribution in [2.45, 2.75) is 62.1 Å². The Morgan fingerprint density at radius 3 is 1.89 bits per heavy atom. The molecule has 5 atom stereocenters. The van der Waals surface area contributed by atoms with Crippen molar-refractivity contribution in [2.75, 3.05) is 26.4 Å². The Morgan fingerprint density at radius 1 is 0.800 bits per heavy atom. The molecule has 16 heteroatoms. The van der Waals surface area contributed by atoms with Gasteiger partial charge in [0.05, 0.1) is 6.61 Å². The summed E-state index contributed by atoms with van der Waals surface area (Å²) in [6.45, 7) is 3.07.